The van der Waals surface area contributed by atoms with Gasteiger partial charge in [-0.1, -0.05) is 74.5 Å². The number of rotatable bonds is 7. The minimum atomic E-state index is -0.788. The van der Waals surface area contributed by atoms with Crippen LogP contribution in [-0.2, 0) is 11.3 Å². The highest BCUT2D eigenvalue weighted by Crippen LogP contribution is 2.41. The molecule has 3 aromatic carbocycles. The molecule has 0 saturated heterocycles. The van der Waals surface area contributed by atoms with Crippen LogP contribution in [0.2, 0.25) is 0 Å². The second-order valence-corrected chi connectivity index (χ2v) is 9.21. The number of aliphatic hydroxyl groups excluding tert-OH is 1. The van der Waals surface area contributed by atoms with Crippen molar-refractivity contribution in [3.05, 3.63) is 113 Å². The van der Waals surface area contributed by atoms with E-state index >= 15 is 0 Å². The molecule has 1 aromatic heterocycles. The van der Waals surface area contributed by atoms with Gasteiger partial charge >= 0.3 is 0 Å². The van der Waals surface area contributed by atoms with Crippen LogP contribution in [0.15, 0.2) is 94.6 Å². The normalized spacial score (nSPS) is 15.8. The summed E-state index contributed by atoms with van der Waals surface area (Å²) in [5.74, 6) is -0.664. The molecule has 36 heavy (non-hydrogen) atoms. The van der Waals surface area contributed by atoms with E-state index in [2.05, 4.69) is 13.8 Å². The van der Waals surface area contributed by atoms with Crippen molar-refractivity contribution in [3.63, 3.8) is 0 Å². The van der Waals surface area contributed by atoms with Gasteiger partial charge < -0.3 is 19.2 Å². The number of nitrogens with zero attached hydrogens (tertiary/aromatic N) is 1. The van der Waals surface area contributed by atoms with Crippen molar-refractivity contribution >= 4 is 22.7 Å². The quantitative estimate of drug-likeness (QED) is 0.312. The summed E-state index contributed by atoms with van der Waals surface area (Å²) < 4.78 is 11.3. The van der Waals surface area contributed by atoms with Crippen molar-refractivity contribution in [3.8, 4) is 5.75 Å². The maximum atomic E-state index is 13.7. The lowest BCUT2D eigenvalue weighted by Crippen LogP contribution is -2.30. The second kappa shape index (κ2) is 9.38. The van der Waals surface area contributed by atoms with Crippen molar-refractivity contribution in [2.24, 2.45) is 0 Å². The van der Waals surface area contributed by atoms with Gasteiger partial charge in [-0.25, -0.2) is 0 Å². The Morgan fingerprint density at radius 2 is 1.72 bits per heavy atom. The van der Waals surface area contributed by atoms with Crippen LogP contribution in [0.1, 0.15) is 53.1 Å². The first-order chi connectivity index (χ1) is 17.4. The van der Waals surface area contributed by atoms with Crippen molar-refractivity contribution in [1.82, 2.24) is 4.90 Å². The second-order valence-electron chi connectivity index (χ2n) is 9.21. The molecular formula is C30H27NO5. The lowest BCUT2D eigenvalue weighted by atomic mass is 9.92. The molecule has 1 amide bonds. The number of para-hydroxylation sites is 2. The van der Waals surface area contributed by atoms with E-state index in [-0.39, 0.29) is 17.9 Å². The number of methoxy groups -OCH3 is 1. The average Bonchev–Trinajstić information content (AvgIpc) is 3.44. The Bertz CT molecular complexity index is 1450. The van der Waals surface area contributed by atoms with Crippen molar-refractivity contribution in [2.75, 3.05) is 7.11 Å². The van der Waals surface area contributed by atoms with E-state index < -0.39 is 23.5 Å². The molecule has 1 unspecified atom stereocenters. The van der Waals surface area contributed by atoms with Crippen molar-refractivity contribution in [2.45, 2.75) is 32.4 Å². The smallest absolute Gasteiger partial charge is 0.290 e. The number of hydrogen-bond acceptors (Lipinski definition) is 5. The summed E-state index contributed by atoms with van der Waals surface area (Å²) in [6, 6.07) is 23.3. The molecule has 1 N–H and O–H groups in total. The molecule has 2 heterocycles. The van der Waals surface area contributed by atoms with E-state index in [1.165, 1.54) is 4.90 Å². The number of carbonyl (C=O) groups excluding carboxylic acids is 2. The zero-order valence-corrected chi connectivity index (χ0v) is 20.4. The molecule has 4 aromatic rings. The molecule has 5 rings (SSSR count). The van der Waals surface area contributed by atoms with Crippen LogP contribution in [-0.4, -0.2) is 28.8 Å². The number of amides is 1. The molecule has 6 nitrogen and oxygen atoms in total. The molecule has 1 aliphatic heterocycles. The van der Waals surface area contributed by atoms with Gasteiger partial charge in [-0.15, -0.1) is 0 Å². The topological polar surface area (TPSA) is 80.0 Å². The Balaban J connectivity index is 1.60. The summed E-state index contributed by atoms with van der Waals surface area (Å²) in [6.07, 6.45) is 0. The highest BCUT2D eigenvalue weighted by atomic mass is 16.5. The third-order valence-electron chi connectivity index (χ3n) is 6.65. The van der Waals surface area contributed by atoms with Gasteiger partial charge in [0.15, 0.2) is 11.5 Å². The van der Waals surface area contributed by atoms with Crippen LogP contribution in [0.25, 0.3) is 11.0 Å². The number of aliphatic hydroxyl groups is 1. The van der Waals surface area contributed by atoms with Gasteiger partial charge in [0.2, 0.25) is 5.78 Å². The Labute approximate surface area is 209 Å². The summed E-state index contributed by atoms with van der Waals surface area (Å²) in [6.45, 7) is 4.36. The number of carbonyl (C=O) groups is 2. The first-order valence-electron chi connectivity index (χ1n) is 11.9. The van der Waals surface area contributed by atoms with Crippen LogP contribution in [0.3, 0.4) is 0 Å². The van der Waals surface area contributed by atoms with Crippen LogP contribution >= 0.6 is 0 Å². The standard InChI is InChI=1S/C30H27NO5/c1-18(2)19-12-14-20(15-13-19)27-26(28(32)25-16-21-8-4-7-11-24(21)36-25)29(33)30(34)31(27)17-22-9-5-6-10-23(22)35-3/h4-16,18,27,33H,17H2,1-3H3. The van der Waals surface area contributed by atoms with Gasteiger partial charge in [0.1, 0.15) is 11.3 Å². The predicted molar refractivity (Wildman–Crippen MR) is 137 cm³/mol. The van der Waals surface area contributed by atoms with Gasteiger partial charge in [0.25, 0.3) is 5.91 Å². The highest BCUT2D eigenvalue weighted by Gasteiger charge is 2.44. The van der Waals surface area contributed by atoms with E-state index in [9.17, 15) is 14.7 Å². The molecule has 1 atom stereocenters. The number of ether oxygens (including phenoxy) is 1. The molecule has 0 fully saturated rings. The molecule has 0 spiro atoms. The molecule has 182 valence electrons. The third-order valence-corrected chi connectivity index (χ3v) is 6.65. The number of furan rings is 1. The van der Waals surface area contributed by atoms with E-state index in [1.54, 1.807) is 19.2 Å². The zero-order chi connectivity index (χ0) is 25.4. The Morgan fingerprint density at radius 1 is 1.03 bits per heavy atom. The minimum Gasteiger partial charge on any atom is -0.503 e. The van der Waals surface area contributed by atoms with Gasteiger partial charge in [-0.05, 0) is 35.2 Å². The molecule has 0 bridgehead atoms. The fraction of sp³-hybridized carbons (Fsp3) is 0.200. The first-order valence-corrected chi connectivity index (χ1v) is 11.9. The van der Waals surface area contributed by atoms with Crippen LogP contribution in [0, 0.1) is 0 Å². The molecule has 0 aliphatic carbocycles. The van der Waals surface area contributed by atoms with Crippen molar-refractivity contribution in [1.29, 1.82) is 0 Å². The molecular weight excluding hydrogens is 454 g/mol. The maximum Gasteiger partial charge on any atom is 0.290 e. The minimum absolute atomic E-state index is 0.00579. The number of benzene rings is 3. The lowest BCUT2D eigenvalue weighted by Gasteiger charge is -2.27. The largest absolute Gasteiger partial charge is 0.503 e. The van der Waals surface area contributed by atoms with Crippen molar-refractivity contribution < 1.29 is 23.8 Å². The predicted octanol–water partition coefficient (Wildman–Crippen LogP) is 6.34. The third kappa shape index (κ3) is 4.05. The number of hydrogen-bond donors (Lipinski definition) is 1. The van der Waals surface area contributed by atoms with Gasteiger partial charge in [0.05, 0.1) is 25.3 Å². The molecule has 6 heteroatoms. The zero-order valence-electron chi connectivity index (χ0n) is 20.4. The van der Waals surface area contributed by atoms with Crippen LogP contribution < -0.4 is 4.74 Å². The summed E-state index contributed by atoms with van der Waals surface area (Å²) in [5.41, 5.74) is 3.20. The summed E-state index contributed by atoms with van der Waals surface area (Å²) in [4.78, 5) is 28.6. The number of fused-ring (bicyclic) bond motifs is 1. The summed E-state index contributed by atoms with van der Waals surface area (Å²) >= 11 is 0. The van der Waals surface area contributed by atoms with E-state index in [1.807, 2.05) is 66.7 Å². The lowest BCUT2D eigenvalue weighted by molar-refractivity contribution is -0.130. The van der Waals surface area contributed by atoms with E-state index in [0.29, 0.717) is 17.3 Å². The monoisotopic (exact) mass is 481 g/mol. The first kappa shape index (κ1) is 23.4. The molecule has 1 aliphatic rings. The van der Waals surface area contributed by atoms with E-state index in [4.69, 9.17) is 9.15 Å². The number of Topliss-reactive ketones (excluding diaryl/α,β-unsaturated/α-hetero) is 1. The molecule has 0 saturated carbocycles. The fourth-order valence-electron chi connectivity index (χ4n) is 4.70. The highest BCUT2D eigenvalue weighted by molar-refractivity contribution is 6.16. The fourth-order valence-corrected chi connectivity index (χ4v) is 4.70. The van der Waals surface area contributed by atoms with Gasteiger partial charge in [-0.3, -0.25) is 9.59 Å². The van der Waals surface area contributed by atoms with Gasteiger partial charge in [-0.2, -0.15) is 0 Å². The summed E-state index contributed by atoms with van der Waals surface area (Å²) in [7, 11) is 1.57. The van der Waals surface area contributed by atoms with E-state index in [0.717, 1.165) is 22.1 Å². The summed E-state index contributed by atoms with van der Waals surface area (Å²) in [5, 5.41) is 11.8. The Hall–Kier alpha value is -4.32. The van der Waals surface area contributed by atoms with Crippen LogP contribution in [0.5, 0.6) is 5.75 Å². The number of ketones is 1. The van der Waals surface area contributed by atoms with Gasteiger partial charge in [0, 0.05) is 10.9 Å². The Morgan fingerprint density at radius 3 is 2.42 bits per heavy atom. The Kier molecular flexibility index (Phi) is 6.10. The van der Waals surface area contributed by atoms with Crippen LogP contribution in [0.4, 0.5) is 0 Å². The SMILES string of the molecule is COc1ccccc1CN1C(=O)C(O)=C(C(=O)c2cc3ccccc3o2)C1c1ccc(C(C)C)cc1. The average molecular weight is 482 g/mol. The maximum absolute atomic E-state index is 13.7. The molecule has 0 radical (unpaired) electrons.